The number of benzene rings is 2. The highest BCUT2D eigenvalue weighted by atomic mass is 16.6. The minimum atomic E-state index is -0.407. The van der Waals surface area contributed by atoms with Gasteiger partial charge in [0.05, 0.1) is 35.9 Å². The maximum atomic E-state index is 11.9. The van der Waals surface area contributed by atoms with Crippen LogP contribution in [0.15, 0.2) is 48.9 Å². The topological polar surface area (TPSA) is 124 Å². The van der Waals surface area contributed by atoms with Gasteiger partial charge in [0.1, 0.15) is 29.3 Å². The number of aromatic nitrogens is 4. The van der Waals surface area contributed by atoms with Crippen LogP contribution in [-0.4, -0.2) is 77.8 Å². The van der Waals surface area contributed by atoms with Gasteiger partial charge in [-0.25, -0.2) is 9.97 Å². The van der Waals surface area contributed by atoms with E-state index in [4.69, 9.17) is 9.47 Å². The molecule has 12 heteroatoms. The molecule has 188 valence electrons. The van der Waals surface area contributed by atoms with Gasteiger partial charge in [-0.3, -0.25) is 14.7 Å². The molecule has 0 aliphatic carbocycles. The van der Waals surface area contributed by atoms with E-state index in [1.54, 1.807) is 31.8 Å². The summed E-state index contributed by atoms with van der Waals surface area (Å²) >= 11 is 0. The molecule has 4 aromatic rings. The number of anilines is 3. The second-order valence-corrected chi connectivity index (χ2v) is 8.36. The minimum absolute atomic E-state index is 0.0507. The van der Waals surface area contributed by atoms with Crippen LogP contribution in [0.1, 0.15) is 0 Å². The van der Waals surface area contributed by atoms with E-state index < -0.39 is 4.92 Å². The summed E-state index contributed by atoms with van der Waals surface area (Å²) in [5, 5.41) is 15.0. The van der Waals surface area contributed by atoms with Crippen LogP contribution in [0.4, 0.5) is 23.0 Å². The van der Waals surface area contributed by atoms with Crippen molar-refractivity contribution in [2.24, 2.45) is 0 Å². The zero-order chi connectivity index (χ0) is 25.8. The van der Waals surface area contributed by atoms with Crippen LogP contribution in [0.2, 0.25) is 0 Å². The summed E-state index contributed by atoms with van der Waals surface area (Å²) in [5.74, 6) is 1.97. The van der Waals surface area contributed by atoms with E-state index in [0.29, 0.717) is 35.2 Å². The number of fused-ring (bicyclic) bond motifs is 1. The summed E-state index contributed by atoms with van der Waals surface area (Å²) in [6.07, 6.45) is 3.27. The lowest BCUT2D eigenvalue weighted by molar-refractivity contribution is -0.384. The third-order valence-electron chi connectivity index (χ3n) is 5.68. The quantitative estimate of drug-likeness (QED) is 0.260. The number of nitrogens with one attached hydrogen (secondary N) is 1. The summed E-state index contributed by atoms with van der Waals surface area (Å²) in [5.41, 5.74) is 2.39. The molecule has 0 spiro atoms. The van der Waals surface area contributed by atoms with Crippen LogP contribution in [-0.2, 0) is 0 Å². The number of rotatable bonds is 10. The van der Waals surface area contributed by atoms with Gasteiger partial charge >= 0.3 is 0 Å². The summed E-state index contributed by atoms with van der Waals surface area (Å²) in [7, 11) is 8.84. The van der Waals surface area contributed by atoms with Gasteiger partial charge in [-0.05, 0) is 32.3 Å². The van der Waals surface area contributed by atoms with Gasteiger partial charge in [-0.15, -0.1) is 0 Å². The molecule has 2 aromatic heterocycles. The van der Waals surface area contributed by atoms with Gasteiger partial charge in [0.2, 0.25) is 5.95 Å². The molecule has 36 heavy (non-hydrogen) atoms. The predicted octanol–water partition coefficient (Wildman–Crippen LogP) is 3.48. The molecule has 0 aliphatic rings. The normalized spacial score (nSPS) is 11.1. The van der Waals surface area contributed by atoms with E-state index in [2.05, 4.69) is 20.3 Å². The van der Waals surface area contributed by atoms with E-state index >= 15 is 0 Å². The maximum Gasteiger partial charge on any atom is 0.294 e. The molecule has 2 aromatic carbocycles. The molecule has 4 rings (SSSR count). The van der Waals surface area contributed by atoms with Gasteiger partial charge in [0, 0.05) is 44.5 Å². The Kier molecular flexibility index (Phi) is 7.15. The Morgan fingerprint density at radius 1 is 1.06 bits per heavy atom. The fourth-order valence-corrected chi connectivity index (χ4v) is 3.71. The van der Waals surface area contributed by atoms with Crippen molar-refractivity contribution in [3.8, 4) is 17.3 Å². The van der Waals surface area contributed by atoms with Crippen LogP contribution in [0.25, 0.3) is 16.9 Å². The molecule has 2 heterocycles. The van der Waals surface area contributed by atoms with E-state index in [1.807, 2.05) is 53.7 Å². The first-order chi connectivity index (χ1) is 17.3. The SMILES string of the molecule is COc1ccc2c(c1)ncn2-c1ccnc(Nc2cc([N+](=O)[O-])c(N(C)CCN(C)C)cc2OC)n1. The van der Waals surface area contributed by atoms with Gasteiger partial charge < -0.3 is 24.6 Å². The molecule has 0 amide bonds. The molecule has 0 radical (unpaired) electrons. The van der Waals surface area contributed by atoms with Crippen molar-refractivity contribution in [1.29, 1.82) is 0 Å². The lowest BCUT2D eigenvalue weighted by Gasteiger charge is -2.22. The van der Waals surface area contributed by atoms with Crippen molar-refractivity contribution >= 4 is 34.0 Å². The van der Waals surface area contributed by atoms with E-state index in [-0.39, 0.29) is 11.6 Å². The molecule has 0 saturated heterocycles. The van der Waals surface area contributed by atoms with Crippen LogP contribution in [0, 0.1) is 10.1 Å². The highest BCUT2D eigenvalue weighted by Crippen LogP contribution is 2.39. The zero-order valence-electron chi connectivity index (χ0n) is 20.8. The number of nitrogens with zero attached hydrogens (tertiary/aromatic N) is 7. The second-order valence-electron chi connectivity index (χ2n) is 8.36. The van der Waals surface area contributed by atoms with Crippen LogP contribution in [0.5, 0.6) is 11.5 Å². The molecule has 0 aliphatic heterocycles. The Morgan fingerprint density at radius 2 is 1.86 bits per heavy atom. The number of ether oxygens (including phenoxy) is 2. The van der Waals surface area contributed by atoms with Crippen molar-refractivity contribution in [1.82, 2.24) is 24.4 Å². The van der Waals surface area contributed by atoms with Gasteiger partial charge in [0.15, 0.2) is 0 Å². The molecule has 1 N–H and O–H groups in total. The molecular formula is C24H28N8O4. The molecule has 0 saturated carbocycles. The Morgan fingerprint density at radius 3 is 2.56 bits per heavy atom. The fraction of sp³-hybridized carbons (Fsp3) is 0.292. The first kappa shape index (κ1) is 24.7. The predicted molar refractivity (Wildman–Crippen MR) is 138 cm³/mol. The van der Waals surface area contributed by atoms with Crippen LogP contribution >= 0.6 is 0 Å². The van der Waals surface area contributed by atoms with Crippen molar-refractivity contribution in [3.63, 3.8) is 0 Å². The smallest absolute Gasteiger partial charge is 0.294 e. The number of hydrogen-bond donors (Lipinski definition) is 1. The van der Waals surface area contributed by atoms with Crippen molar-refractivity contribution in [3.05, 3.63) is 59.0 Å². The van der Waals surface area contributed by atoms with Crippen LogP contribution < -0.4 is 19.7 Å². The van der Waals surface area contributed by atoms with E-state index in [0.717, 1.165) is 17.6 Å². The Bertz CT molecular complexity index is 1390. The average molecular weight is 493 g/mol. The lowest BCUT2D eigenvalue weighted by atomic mass is 10.2. The Labute approximate surface area is 208 Å². The number of methoxy groups -OCH3 is 2. The lowest BCUT2D eigenvalue weighted by Crippen LogP contribution is -2.28. The van der Waals surface area contributed by atoms with Crippen molar-refractivity contribution in [2.45, 2.75) is 0 Å². The van der Waals surface area contributed by atoms with Crippen molar-refractivity contribution in [2.75, 3.05) is 58.7 Å². The van der Waals surface area contributed by atoms with E-state index in [1.165, 1.54) is 13.2 Å². The first-order valence-corrected chi connectivity index (χ1v) is 11.1. The first-order valence-electron chi connectivity index (χ1n) is 11.1. The highest BCUT2D eigenvalue weighted by molar-refractivity contribution is 5.79. The molecule has 0 bridgehead atoms. The second kappa shape index (κ2) is 10.4. The number of nitro groups is 1. The fourth-order valence-electron chi connectivity index (χ4n) is 3.71. The monoisotopic (exact) mass is 492 g/mol. The minimum Gasteiger partial charge on any atom is -0.497 e. The third kappa shape index (κ3) is 5.13. The Balaban J connectivity index is 1.67. The number of nitro benzene ring substituents is 1. The summed E-state index contributed by atoms with van der Waals surface area (Å²) < 4.78 is 12.6. The molecule has 0 fully saturated rings. The van der Waals surface area contributed by atoms with Gasteiger partial charge in [-0.2, -0.15) is 4.98 Å². The van der Waals surface area contributed by atoms with Crippen LogP contribution in [0.3, 0.4) is 0 Å². The molecular weight excluding hydrogens is 464 g/mol. The highest BCUT2D eigenvalue weighted by Gasteiger charge is 2.22. The number of likely N-dealkylation sites (N-methyl/N-ethyl adjacent to an activating group) is 2. The molecule has 0 unspecified atom stereocenters. The Hall–Kier alpha value is -4.45. The van der Waals surface area contributed by atoms with E-state index in [9.17, 15) is 10.1 Å². The largest absolute Gasteiger partial charge is 0.497 e. The summed E-state index contributed by atoms with van der Waals surface area (Å²) in [6.45, 7) is 1.35. The molecule has 12 nitrogen and oxygen atoms in total. The zero-order valence-corrected chi connectivity index (χ0v) is 20.8. The maximum absolute atomic E-state index is 11.9. The van der Waals surface area contributed by atoms with Crippen molar-refractivity contribution < 1.29 is 14.4 Å². The standard InChI is InChI=1S/C24H28N8O4/c1-29(2)10-11-30(3)20-14-22(36-5)18(13-21(20)32(33)34)27-24-25-9-8-23(28-24)31-15-26-17-12-16(35-4)6-7-19(17)31/h6-9,12-15H,10-11H2,1-5H3,(H,25,27,28). The summed E-state index contributed by atoms with van der Waals surface area (Å²) in [6, 6.07) is 10.4. The number of hydrogen-bond acceptors (Lipinski definition) is 10. The average Bonchev–Trinajstić information content (AvgIpc) is 3.30. The summed E-state index contributed by atoms with van der Waals surface area (Å²) in [4.78, 5) is 28.6. The third-order valence-corrected chi connectivity index (χ3v) is 5.68. The number of imidazole rings is 1. The van der Waals surface area contributed by atoms with Gasteiger partial charge in [0.25, 0.3) is 5.69 Å². The molecule has 0 atom stereocenters. The van der Waals surface area contributed by atoms with Gasteiger partial charge in [-0.1, -0.05) is 0 Å².